The van der Waals surface area contributed by atoms with Crippen molar-refractivity contribution in [2.75, 3.05) is 25.0 Å². The average Bonchev–Trinajstić information content (AvgIpc) is 3.04. The van der Waals surface area contributed by atoms with Crippen LogP contribution in [0.2, 0.25) is 0 Å². The number of H-pyrrole nitrogens is 1. The van der Waals surface area contributed by atoms with Crippen LogP contribution < -0.4 is 11.1 Å². The lowest BCUT2D eigenvalue weighted by atomic mass is 9.96. The number of hydrogen-bond donors (Lipinski definition) is 3. The van der Waals surface area contributed by atoms with E-state index in [1.807, 2.05) is 0 Å². The summed E-state index contributed by atoms with van der Waals surface area (Å²) < 4.78 is 0. The van der Waals surface area contributed by atoms with Crippen LogP contribution in [0.15, 0.2) is 12.7 Å². The maximum absolute atomic E-state index is 12.2. The summed E-state index contributed by atoms with van der Waals surface area (Å²) in [5.41, 5.74) is 6.61. The summed E-state index contributed by atoms with van der Waals surface area (Å²) in [5.74, 6) is 0.320. The highest BCUT2D eigenvalue weighted by Gasteiger charge is 2.25. The van der Waals surface area contributed by atoms with Gasteiger partial charge in [0.2, 0.25) is 11.8 Å². The first-order valence-corrected chi connectivity index (χ1v) is 7.60. The van der Waals surface area contributed by atoms with Crippen molar-refractivity contribution in [2.45, 2.75) is 19.3 Å². The molecule has 9 heteroatoms. The van der Waals surface area contributed by atoms with Gasteiger partial charge in [0.1, 0.15) is 11.8 Å². The van der Waals surface area contributed by atoms with Crippen molar-refractivity contribution < 1.29 is 9.59 Å². The molecule has 1 aliphatic heterocycles. The van der Waals surface area contributed by atoms with Crippen LogP contribution in [0.4, 0.5) is 5.82 Å². The number of primary amides is 1. The molecule has 9 nitrogen and oxygen atoms in total. The standard InChI is InChI=1S/C14H19N7O2/c15-12(23)9-2-5-21(6-3-9)10(22)1-4-16-13-11-14(18-7-17-11)20-8-19-13/h7-9H,1-6H2,(H2,15,23)(H2,16,17,18,19,20). The summed E-state index contributed by atoms with van der Waals surface area (Å²) in [4.78, 5) is 40.3. The van der Waals surface area contributed by atoms with Gasteiger partial charge >= 0.3 is 0 Å². The number of aromatic amines is 1. The summed E-state index contributed by atoms with van der Waals surface area (Å²) in [6, 6.07) is 0. The maximum Gasteiger partial charge on any atom is 0.224 e. The van der Waals surface area contributed by atoms with Crippen LogP contribution in [-0.4, -0.2) is 56.3 Å². The van der Waals surface area contributed by atoms with E-state index >= 15 is 0 Å². The normalized spacial score (nSPS) is 15.7. The van der Waals surface area contributed by atoms with Crippen LogP contribution in [0.1, 0.15) is 19.3 Å². The Hall–Kier alpha value is -2.71. The third kappa shape index (κ3) is 3.38. The monoisotopic (exact) mass is 317 g/mol. The van der Waals surface area contributed by atoms with Gasteiger partial charge in [0.05, 0.1) is 6.33 Å². The molecule has 0 spiro atoms. The second-order valence-corrected chi connectivity index (χ2v) is 5.56. The number of aromatic nitrogens is 4. The van der Waals surface area contributed by atoms with Gasteiger partial charge in [-0.05, 0) is 12.8 Å². The Morgan fingerprint density at radius 1 is 1.30 bits per heavy atom. The molecule has 0 unspecified atom stereocenters. The number of nitrogens with one attached hydrogen (secondary N) is 2. The number of nitrogens with two attached hydrogens (primary N) is 1. The molecule has 0 aromatic carbocycles. The second-order valence-electron chi connectivity index (χ2n) is 5.56. The minimum Gasteiger partial charge on any atom is -0.369 e. The van der Waals surface area contributed by atoms with Crippen molar-refractivity contribution in [3.05, 3.63) is 12.7 Å². The Morgan fingerprint density at radius 2 is 2.09 bits per heavy atom. The Kier molecular flexibility index (Phi) is 4.35. The van der Waals surface area contributed by atoms with E-state index in [2.05, 4.69) is 25.3 Å². The Bertz CT molecular complexity index is 706. The number of amides is 2. The van der Waals surface area contributed by atoms with Crippen molar-refractivity contribution in [1.29, 1.82) is 0 Å². The lowest BCUT2D eigenvalue weighted by molar-refractivity contribution is -0.134. The summed E-state index contributed by atoms with van der Waals surface area (Å²) >= 11 is 0. The predicted octanol–water partition coefficient (Wildman–Crippen LogP) is -0.121. The van der Waals surface area contributed by atoms with Crippen molar-refractivity contribution in [1.82, 2.24) is 24.8 Å². The van der Waals surface area contributed by atoms with E-state index in [0.717, 1.165) is 5.52 Å². The molecular formula is C14H19N7O2. The van der Waals surface area contributed by atoms with Crippen LogP contribution in [0, 0.1) is 5.92 Å². The van der Waals surface area contributed by atoms with E-state index < -0.39 is 0 Å². The first kappa shape index (κ1) is 15.2. The molecule has 122 valence electrons. The molecule has 3 rings (SSSR count). The van der Waals surface area contributed by atoms with Crippen molar-refractivity contribution in [3.63, 3.8) is 0 Å². The highest BCUT2D eigenvalue weighted by atomic mass is 16.2. The van der Waals surface area contributed by atoms with Crippen molar-refractivity contribution in [3.8, 4) is 0 Å². The van der Waals surface area contributed by atoms with E-state index in [1.165, 1.54) is 6.33 Å². The highest BCUT2D eigenvalue weighted by Crippen LogP contribution is 2.18. The van der Waals surface area contributed by atoms with E-state index in [-0.39, 0.29) is 17.7 Å². The molecule has 0 saturated carbocycles. The molecule has 1 aliphatic rings. The third-order valence-corrected chi connectivity index (χ3v) is 4.10. The summed E-state index contributed by atoms with van der Waals surface area (Å²) in [6.07, 6.45) is 4.64. The van der Waals surface area contributed by atoms with Crippen molar-refractivity contribution in [2.24, 2.45) is 11.7 Å². The average molecular weight is 317 g/mol. The lowest BCUT2D eigenvalue weighted by Crippen LogP contribution is -2.42. The second kappa shape index (κ2) is 6.59. The lowest BCUT2D eigenvalue weighted by Gasteiger charge is -2.30. The zero-order valence-electron chi connectivity index (χ0n) is 12.7. The zero-order valence-corrected chi connectivity index (χ0v) is 12.7. The fourth-order valence-electron chi connectivity index (χ4n) is 2.76. The van der Waals surface area contributed by atoms with E-state index in [0.29, 0.717) is 50.4 Å². The minimum atomic E-state index is -0.272. The van der Waals surface area contributed by atoms with Gasteiger partial charge in [0.25, 0.3) is 0 Å². The van der Waals surface area contributed by atoms with Gasteiger partial charge in [0.15, 0.2) is 11.5 Å². The topological polar surface area (TPSA) is 130 Å². The van der Waals surface area contributed by atoms with Crippen LogP contribution in [-0.2, 0) is 9.59 Å². The molecule has 4 N–H and O–H groups in total. The summed E-state index contributed by atoms with van der Waals surface area (Å²) in [6.45, 7) is 1.65. The molecule has 2 amide bonds. The van der Waals surface area contributed by atoms with Gasteiger partial charge in [-0.1, -0.05) is 0 Å². The molecule has 1 saturated heterocycles. The van der Waals surface area contributed by atoms with Crippen LogP contribution in [0.3, 0.4) is 0 Å². The number of nitrogens with zero attached hydrogens (tertiary/aromatic N) is 4. The largest absolute Gasteiger partial charge is 0.369 e. The molecule has 0 radical (unpaired) electrons. The van der Waals surface area contributed by atoms with Gasteiger partial charge in [-0.15, -0.1) is 0 Å². The zero-order chi connectivity index (χ0) is 16.2. The molecule has 2 aromatic rings. The maximum atomic E-state index is 12.2. The quantitative estimate of drug-likeness (QED) is 0.705. The number of hydrogen-bond acceptors (Lipinski definition) is 6. The Morgan fingerprint density at radius 3 is 2.83 bits per heavy atom. The first-order valence-electron chi connectivity index (χ1n) is 7.60. The van der Waals surface area contributed by atoms with Gasteiger partial charge < -0.3 is 20.9 Å². The molecule has 1 fully saturated rings. The first-order chi connectivity index (χ1) is 11.1. The van der Waals surface area contributed by atoms with E-state index in [1.54, 1.807) is 11.2 Å². The number of carbonyl (C=O) groups is 2. The summed E-state index contributed by atoms with van der Waals surface area (Å²) in [7, 11) is 0. The number of piperidine rings is 1. The summed E-state index contributed by atoms with van der Waals surface area (Å²) in [5, 5.41) is 3.13. The van der Waals surface area contributed by atoms with Gasteiger partial charge in [-0.3, -0.25) is 9.59 Å². The third-order valence-electron chi connectivity index (χ3n) is 4.10. The molecular weight excluding hydrogens is 298 g/mol. The van der Waals surface area contributed by atoms with E-state index in [9.17, 15) is 9.59 Å². The van der Waals surface area contributed by atoms with Gasteiger partial charge in [0, 0.05) is 32.0 Å². The SMILES string of the molecule is NC(=O)C1CCN(C(=O)CCNc2ncnc3nc[nH]c23)CC1. The Labute approximate surface area is 132 Å². The molecule has 0 bridgehead atoms. The molecule has 2 aromatic heterocycles. The van der Waals surface area contributed by atoms with Gasteiger partial charge in [-0.2, -0.15) is 0 Å². The van der Waals surface area contributed by atoms with Crippen LogP contribution in [0.5, 0.6) is 0 Å². The Balaban J connectivity index is 1.48. The van der Waals surface area contributed by atoms with Crippen molar-refractivity contribution >= 4 is 28.8 Å². The fourth-order valence-corrected chi connectivity index (χ4v) is 2.76. The number of fused-ring (bicyclic) bond motifs is 1. The van der Waals surface area contributed by atoms with E-state index in [4.69, 9.17) is 5.73 Å². The number of anilines is 1. The molecule has 0 atom stereocenters. The molecule has 3 heterocycles. The number of carbonyl (C=O) groups excluding carboxylic acids is 2. The predicted molar refractivity (Wildman–Crippen MR) is 83.3 cm³/mol. The number of imidazole rings is 1. The minimum absolute atomic E-state index is 0.0651. The molecule has 0 aliphatic carbocycles. The fraction of sp³-hybridized carbons (Fsp3) is 0.500. The highest BCUT2D eigenvalue weighted by molar-refractivity contribution is 5.82. The number of rotatable bonds is 5. The van der Waals surface area contributed by atoms with Crippen LogP contribution in [0.25, 0.3) is 11.2 Å². The van der Waals surface area contributed by atoms with Gasteiger partial charge in [-0.25, -0.2) is 15.0 Å². The number of likely N-dealkylation sites (tertiary alicyclic amines) is 1. The molecule has 23 heavy (non-hydrogen) atoms. The smallest absolute Gasteiger partial charge is 0.224 e. The van der Waals surface area contributed by atoms with Crippen LogP contribution >= 0.6 is 0 Å².